The number of nitrogens with one attached hydrogen (secondary N) is 1. The van der Waals surface area contributed by atoms with Crippen LogP contribution in [0.15, 0.2) is 48.6 Å². The van der Waals surface area contributed by atoms with Crippen molar-refractivity contribution in [3.8, 4) is 0 Å². The van der Waals surface area contributed by atoms with Crippen LogP contribution in [0.4, 0.5) is 0 Å². The Balaban J connectivity index is 2.35. The molecule has 0 aliphatic carbocycles. The first-order chi connectivity index (χ1) is 29.2. The van der Waals surface area contributed by atoms with Gasteiger partial charge in [0.1, 0.15) is 36.6 Å². The molecule has 1 saturated heterocycles. The Kier molecular flexibility index (Phi) is 36.2. The summed E-state index contributed by atoms with van der Waals surface area (Å²) in [7, 11) is 0. The molecule has 9 unspecified atom stereocenters. The summed E-state index contributed by atoms with van der Waals surface area (Å²) < 4.78 is 11.0. The maximum absolute atomic E-state index is 13.1. The van der Waals surface area contributed by atoms with Gasteiger partial charge in [0, 0.05) is 0 Å². The van der Waals surface area contributed by atoms with Gasteiger partial charge in [0.2, 0.25) is 5.91 Å². The van der Waals surface area contributed by atoms with Crippen molar-refractivity contribution in [2.75, 3.05) is 13.2 Å². The van der Waals surface area contributed by atoms with E-state index in [4.69, 9.17) is 9.47 Å². The van der Waals surface area contributed by atoms with Crippen LogP contribution >= 0.6 is 0 Å². The van der Waals surface area contributed by atoms with Gasteiger partial charge in [-0.05, 0) is 77.0 Å². The maximum Gasteiger partial charge on any atom is 0.249 e. The number of hydrogen-bond donors (Lipinski definition) is 8. The lowest BCUT2D eigenvalue weighted by Gasteiger charge is -2.40. The van der Waals surface area contributed by atoms with Gasteiger partial charge in [0.25, 0.3) is 0 Å². The molecule has 1 aliphatic rings. The molecule has 0 saturated carbocycles. The molecule has 0 spiro atoms. The number of unbranched alkanes of at least 4 members (excludes halogenated alkanes) is 19. The first-order valence-corrected chi connectivity index (χ1v) is 24.0. The van der Waals surface area contributed by atoms with E-state index >= 15 is 0 Å². The van der Waals surface area contributed by atoms with E-state index in [1.807, 2.05) is 6.08 Å². The Labute approximate surface area is 364 Å². The number of allylic oxidation sites excluding steroid dienone is 8. The number of rotatable bonds is 39. The first-order valence-electron chi connectivity index (χ1n) is 24.0. The van der Waals surface area contributed by atoms with Crippen molar-refractivity contribution in [3.63, 3.8) is 0 Å². The van der Waals surface area contributed by atoms with Crippen LogP contribution in [0.3, 0.4) is 0 Å². The van der Waals surface area contributed by atoms with Crippen molar-refractivity contribution >= 4 is 5.91 Å². The van der Waals surface area contributed by atoms with Crippen LogP contribution in [-0.2, 0) is 14.3 Å². The highest BCUT2D eigenvalue weighted by atomic mass is 16.7. The molecule has 8 N–H and O–H groups in total. The van der Waals surface area contributed by atoms with Gasteiger partial charge in [-0.15, -0.1) is 0 Å². The third-order valence-electron chi connectivity index (χ3n) is 11.3. The van der Waals surface area contributed by atoms with Crippen molar-refractivity contribution in [2.24, 2.45) is 0 Å². The molecule has 11 nitrogen and oxygen atoms in total. The summed E-state index contributed by atoms with van der Waals surface area (Å²) in [5, 5.41) is 75.4. The average molecular weight is 852 g/mol. The molecular weight excluding hydrogens is 763 g/mol. The van der Waals surface area contributed by atoms with E-state index in [-0.39, 0.29) is 12.8 Å². The molecule has 0 aromatic carbocycles. The highest BCUT2D eigenvalue weighted by molar-refractivity contribution is 5.80. The van der Waals surface area contributed by atoms with Crippen LogP contribution in [0, 0.1) is 0 Å². The smallest absolute Gasteiger partial charge is 0.249 e. The maximum atomic E-state index is 13.1. The predicted octanol–water partition coefficient (Wildman–Crippen LogP) is 8.17. The molecule has 1 amide bonds. The second kappa shape index (κ2) is 38.7. The van der Waals surface area contributed by atoms with Crippen LogP contribution in [0.25, 0.3) is 0 Å². The van der Waals surface area contributed by atoms with Crippen LogP contribution in [-0.4, -0.2) is 110 Å². The van der Waals surface area contributed by atoms with Crippen LogP contribution in [0.1, 0.15) is 187 Å². The summed E-state index contributed by atoms with van der Waals surface area (Å²) in [6.07, 6.45) is 34.8. The fourth-order valence-corrected chi connectivity index (χ4v) is 7.38. The molecule has 1 fully saturated rings. The number of aliphatic hydroxyl groups excluding tert-OH is 7. The molecule has 11 heteroatoms. The summed E-state index contributed by atoms with van der Waals surface area (Å²) in [4.78, 5) is 13.1. The van der Waals surface area contributed by atoms with Gasteiger partial charge in [-0.3, -0.25) is 4.79 Å². The molecule has 1 rings (SSSR count). The minimum absolute atomic E-state index is 0.241. The van der Waals surface area contributed by atoms with Gasteiger partial charge < -0.3 is 50.5 Å². The van der Waals surface area contributed by atoms with E-state index in [1.54, 1.807) is 0 Å². The van der Waals surface area contributed by atoms with Crippen molar-refractivity contribution in [1.82, 2.24) is 5.32 Å². The number of carbonyl (C=O) groups is 1. The van der Waals surface area contributed by atoms with E-state index in [2.05, 4.69) is 61.7 Å². The minimum atomic E-state index is -1.67. The zero-order valence-electron chi connectivity index (χ0n) is 37.7. The van der Waals surface area contributed by atoms with Gasteiger partial charge in [0.05, 0.1) is 25.4 Å². The number of hydrogen-bond acceptors (Lipinski definition) is 10. The second-order valence-electron chi connectivity index (χ2n) is 16.8. The Morgan fingerprint density at radius 1 is 0.600 bits per heavy atom. The topological polar surface area (TPSA) is 189 Å². The normalized spacial score (nSPS) is 22.1. The molecule has 60 heavy (non-hydrogen) atoms. The zero-order chi connectivity index (χ0) is 44.1. The van der Waals surface area contributed by atoms with Crippen LogP contribution < -0.4 is 5.32 Å². The number of ether oxygens (including phenoxy) is 2. The average Bonchev–Trinajstić information content (AvgIpc) is 3.25. The Hall–Kier alpha value is -1.93. The van der Waals surface area contributed by atoms with E-state index in [1.165, 1.54) is 83.5 Å². The molecule has 0 radical (unpaired) electrons. The van der Waals surface area contributed by atoms with Gasteiger partial charge in [-0.2, -0.15) is 0 Å². The lowest BCUT2D eigenvalue weighted by Crippen LogP contribution is -2.60. The molecule has 9 atom stereocenters. The first kappa shape index (κ1) is 56.1. The molecule has 350 valence electrons. The number of amides is 1. The molecule has 0 bridgehead atoms. The lowest BCUT2D eigenvalue weighted by molar-refractivity contribution is -0.303. The summed E-state index contributed by atoms with van der Waals surface area (Å²) in [5.41, 5.74) is 0. The Bertz CT molecular complexity index is 1110. The van der Waals surface area contributed by atoms with E-state index in [9.17, 15) is 40.5 Å². The summed E-state index contributed by atoms with van der Waals surface area (Å²) in [6.45, 7) is 3.27. The predicted molar refractivity (Wildman–Crippen MR) is 242 cm³/mol. The summed E-state index contributed by atoms with van der Waals surface area (Å²) in [6, 6.07) is -1.19. The summed E-state index contributed by atoms with van der Waals surface area (Å²) in [5.74, 6) is -0.720. The second-order valence-corrected chi connectivity index (χ2v) is 16.8. The molecule has 1 heterocycles. The largest absolute Gasteiger partial charge is 0.394 e. The van der Waals surface area contributed by atoms with Gasteiger partial charge in [-0.25, -0.2) is 0 Å². The fraction of sp³-hybridized carbons (Fsp3) is 0.816. The quantitative estimate of drug-likeness (QED) is 0.0221. The van der Waals surface area contributed by atoms with Crippen molar-refractivity contribution in [1.29, 1.82) is 0 Å². The highest BCUT2D eigenvalue weighted by Gasteiger charge is 2.44. The van der Waals surface area contributed by atoms with E-state index in [0.717, 1.165) is 57.8 Å². The fourth-order valence-electron chi connectivity index (χ4n) is 7.38. The zero-order valence-corrected chi connectivity index (χ0v) is 37.7. The lowest BCUT2D eigenvalue weighted by atomic mass is 9.98. The van der Waals surface area contributed by atoms with Crippen LogP contribution in [0.2, 0.25) is 0 Å². The highest BCUT2D eigenvalue weighted by Crippen LogP contribution is 2.23. The monoisotopic (exact) mass is 852 g/mol. The van der Waals surface area contributed by atoms with Crippen molar-refractivity contribution < 1.29 is 50.0 Å². The standard InChI is InChI=1S/C49H89NO10/c1-3-5-7-9-11-13-14-15-16-17-18-19-20-21-22-23-24-25-26-27-29-31-33-35-37-42(53)48(58)50-40(39-59-49-47(57)46(56)45(55)43(38-51)60-49)44(54)41(52)36-34-32-30-28-12-10-8-6-4-2/h6,8,18-19,21-22,28,30,40-47,49,51-57H,3-5,7,9-17,20,23-27,29,31-39H2,1-2H3,(H,50,58)/b8-6+,19-18-,22-21-,30-28+. The van der Waals surface area contributed by atoms with Crippen LogP contribution in [0.5, 0.6) is 0 Å². The Morgan fingerprint density at radius 2 is 1.10 bits per heavy atom. The van der Waals surface area contributed by atoms with Gasteiger partial charge >= 0.3 is 0 Å². The third-order valence-corrected chi connectivity index (χ3v) is 11.3. The van der Waals surface area contributed by atoms with Gasteiger partial charge in [-0.1, -0.05) is 159 Å². The van der Waals surface area contributed by atoms with Crippen molar-refractivity contribution in [3.05, 3.63) is 48.6 Å². The minimum Gasteiger partial charge on any atom is -0.394 e. The van der Waals surface area contributed by atoms with E-state index in [0.29, 0.717) is 19.3 Å². The number of aliphatic hydroxyl groups is 7. The molecule has 0 aromatic heterocycles. The Morgan fingerprint density at radius 3 is 1.67 bits per heavy atom. The molecular formula is C49H89NO10. The third kappa shape index (κ3) is 27.9. The van der Waals surface area contributed by atoms with Crippen molar-refractivity contribution in [2.45, 2.75) is 242 Å². The molecule has 0 aromatic rings. The number of carbonyl (C=O) groups excluding carboxylic acids is 1. The SMILES string of the molecule is CC/C=C/CC/C=C/CCCC(O)C(O)C(COC1OC(CO)C(O)C(O)C1O)NC(=O)C(O)CCCCCCCCCC/C=C\C/C=C\CCCCCCCCCCC. The summed E-state index contributed by atoms with van der Waals surface area (Å²) >= 11 is 0. The van der Waals surface area contributed by atoms with E-state index < -0.39 is 74.2 Å². The molecule has 1 aliphatic heterocycles. The van der Waals surface area contributed by atoms with Gasteiger partial charge in [0.15, 0.2) is 6.29 Å².